The molecule has 0 aliphatic carbocycles. The Morgan fingerprint density at radius 1 is 1.25 bits per heavy atom. The van der Waals surface area contributed by atoms with Crippen LogP contribution in [0.1, 0.15) is 25.8 Å². The molecule has 1 atom stereocenters. The average molecular weight is 277 g/mol. The van der Waals surface area contributed by atoms with Crippen molar-refractivity contribution in [3.8, 4) is 0 Å². The Hall–Kier alpha value is -0.970. The van der Waals surface area contributed by atoms with Crippen molar-refractivity contribution in [1.82, 2.24) is 15.2 Å². The standard InChI is InChI=1S/C16H27N3O/c1-14(2)11-16(19-7-9-20-10-8-19)13-18-12-15-3-5-17-6-4-15/h3-6,14,16,18H,7-13H2,1-2H3. The highest BCUT2D eigenvalue weighted by Gasteiger charge is 2.21. The van der Waals surface area contributed by atoms with Gasteiger partial charge in [-0.3, -0.25) is 9.88 Å². The summed E-state index contributed by atoms with van der Waals surface area (Å²) in [7, 11) is 0. The predicted molar refractivity (Wildman–Crippen MR) is 81.6 cm³/mol. The molecule has 1 fully saturated rings. The summed E-state index contributed by atoms with van der Waals surface area (Å²) in [6.45, 7) is 10.4. The molecule has 4 nitrogen and oxygen atoms in total. The lowest BCUT2D eigenvalue weighted by Crippen LogP contribution is -2.48. The van der Waals surface area contributed by atoms with E-state index in [9.17, 15) is 0 Å². The van der Waals surface area contributed by atoms with Gasteiger partial charge in [0.25, 0.3) is 0 Å². The molecule has 0 saturated carbocycles. The average Bonchev–Trinajstić information content (AvgIpc) is 2.48. The molecule has 0 aromatic carbocycles. The van der Waals surface area contributed by atoms with E-state index in [-0.39, 0.29) is 0 Å². The molecule has 1 aromatic rings. The smallest absolute Gasteiger partial charge is 0.0594 e. The highest BCUT2D eigenvalue weighted by Crippen LogP contribution is 2.13. The molecule has 20 heavy (non-hydrogen) atoms. The number of morpholine rings is 1. The van der Waals surface area contributed by atoms with Crippen LogP contribution in [0.2, 0.25) is 0 Å². The lowest BCUT2D eigenvalue weighted by atomic mass is 10.0. The normalized spacial score (nSPS) is 18.4. The van der Waals surface area contributed by atoms with Gasteiger partial charge in [0.05, 0.1) is 13.2 Å². The van der Waals surface area contributed by atoms with E-state index in [0.29, 0.717) is 6.04 Å². The first kappa shape index (κ1) is 15.4. The van der Waals surface area contributed by atoms with Crippen LogP contribution in [0.5, 0.6) is 0 Å². The van der Waals surface area contributed by atoms with E-state index in [1.807, 2.05) is 12.4 Å². The number of hydrogen-bond donors (Lipinski definition) is 1. The van der Waals surface area contributed by atoms with Gasteiger partial charge >= 0.3 is 0 Å². The maximum absolute atomic E-state index is 5.46. The zero-order valence-electron chi connectivity index (χ0n) is 12.7. The maximum atomic E-state index is 5.46. The largest absolute Gasteiger partial charge is 0.379 e. The van der Waals surface area contributed by atoms with Crippen molar-refractivity contribution in [3.63, 3.8) is 0 Å². The van der Waals surface area contributed by atoms with Crippen LogP contribution in [0, 0.1) is 5.92 Å². The molecule has 1 aromatic heterocycles. The summed E-state index contributed by atoms with van der Waals surface area (Å²) < 4.78 is 5.46. The lowest BCUT2D eigenvalue weighted by Gasteiger charge is -2.35. The minimum atomic E-state index is 0.612. The van der Waals surface area contributed by atoms with Gasteiger partial charge in [-0.1, -0.05) is 13.8 Å². The zero-order chi connectivity index (χ0) is 14.2. The van der Waals surface area contributed by atoms with Crippen molar-refractivity contribution in [2.45, 2.75) is 32.9 Å². The summed E-state index contributed by atoms with van der Waals surface area (Å²) in [5.41, 5.74) is 1.30. The Labute approximate surface area is 122 Å². The van der Waals surface area contributed by atoms with E-state index in [1.54, 1.807) is 0 Å². The molecule has 1 saturated heterocycles. The fraction of sp³-hybridized carbons (Fsp3) is 0.688. The number of nitrogens with one attached hydrogen (secondary N) is 1. The molecule has 4 heteroatoms. The molecule has 1 N–H and O–H groups in total. The number of nitrogens with zero attached hydrogens (tertiary/aromatic N) is 2. The van der Waals surface area contributed by atoms with Crippen molar-refractivity contribution >= 4 is 0 Å². The topological polar surface area (TPSA) is 37.4 Å². The maximum Gasteiger partial charge on any atom is 0.0594 e. The summed E-state index contributed by atoms with van der Waals surface area (Å²) in [6, 6.07) is 4.75. The van der Waals surface area contributed by atoms with Gasteiger partial charge in [-0.2, -0.15) is 0 Å². The third-order valence-corrected chi connectivity index (χ3v) is 3.76. The van der Waals surface area contributed by atoms with Crippen LogP contribution in [0.3, 0.4) is 0 Å². The SMILES string of the molecule is CC(C)CC(CNCc1ccncc1)N1CCOCC1. The van der Waals surface area contributed by atoms with E-state index < -0.39 is 0 Å². The van der Waals surface area contributed by atoms with E-state index in [2.05, 4.69) is 41.2 Å². The van der Waals surface area contributed by atoms with Crippen LogP contribution in [0.15, 0.2) is 24.5 Å². The number of aromatic nitrogens is 1. The minimum absolute atomic E-state index is 0.612. The Morgan fingerprint density at radius 2 is 1.95 bits per heavy atom. The summed E-state index contributed by atoms with van der Waals surface area (Å²) in [5, 5.41) is 3.59. The molecule has 0 amide bonds. The quantitative estimate of drug-likeness (QED) is 0.826. The summed E-state index contributed by atoms with van der Waals surface area (Å²) >= 11 is 0. The number of pyridine rings is 1. The molecular weight excluding hydrogens is 250 g/mol. The fourth-order valence-corrected chi connectivity index (χ4v) is 2.73. The highest BCUT2D eigenvalue weighted by atomic mass is 16.5. The molecular formula is C16H27N3O. The first-order chi connectivity index (χ1) is 9.75. The minimum Gasteiger partial charge on any atom is -0.379 e. The first-order valence-electron chi connectivity index (χ1n) is 7.67. The van der Waals surface area contributed by atoms with Gasteiger partial charge in [0.2, 0.25) is 0 Å². The summed E-state index contributed by atoms with van der Waals surface area (Å²) in [4.78, 5) is 6.62. The van der Waals surface area contributed by atoms with Crippen molar-refractivity contribution < 1.29 is 4.74 Å². The Morgan fingerprint density at radius 3 is 2.60 bits per heavy atom. The molecule has 0 bridgehead atoms. The monoisotopic (exact) mass is 277 g/mol. The van der Waals surface area contributed by atoms with Crippen molar-refractivity contribution in [2.24, 2.45) is 5.92 Å². The first-order valence-corrected chi connectivity index (χ1v) is 7.67. The molecule has 2 heterocycles. The Balaban J connectivity index is 1.80. The van der Waals surface area contributed by atoms with Crippen molar-refractivity contribution in [2.75, 3.05) is 32.8 Å². The highest BCUT2D eigenvalue weighted by molar-refractivity contribution is 5.09. The molecule has 0 spiro atoms. The molecule has 1 aliphatic heterocycles. The second kappa shape index (κ2) is 8.35. The van der Waals surface area contributed by atoms with E-state index in [0.717, 1.165) is 45.3 Å². The van der Waals surface area contributed by atoms with Gasteiger partial charge in [-0.25, -0.2) is 0 Å². The Kier molecular flexibility index (Phi) is 6.43. The van der Waals surface area contributed by atoms with Gasteiger partial charge in [-0.15, -0.1) is 0 Å². The summed E-state index contributed by atoms with van der Waals surface area (Å²) in [5.74, 6) is 0.727. The van der Waals surface area contributed by atoms with Crippen LogP contribution in [0.25, 0.3) is 0 Å². The summed E-state index contributed by atoms with van der Waals surface area (Å²) in [6.07, 6.45) is 4.94. The molecule has 0 radical (unpaired) electrons. The fourth-order valence-electron chi connectivity index (χ4n) is 2.73. The second-order valence-electron chi connectivity index (χ2n) is 5.92. The van der Waals surface area contributed by atoms with Gasteiger partial charge in [0.1, 0.15) is 0 Å². The zero-order valence-corrected chi connectivity index (χ0v) is 12.7. The van der Waals surface area contributed by atoms with Gasteiger partial charge in [-0.05, 0) is 30.0 Å². The van der Waals surface area contributed by atoms with Crippen LogP contribution >= 0.6 is 0 Å². The molecule has 1 aliphatic rings. The van der Waals surface area contributed by atoms with Crippen LogP contribution in [-0.4, -0.2) is 48.8 Å². The second-order valence-corrected chi connectivity index (χ2v) is 5.92. The van der Waals surface area contributed by atoms with Crippen LogP contribution in [0.4, 0.5) is 0 Å². The number of hydrogen-bond acceptors (Lipinski definition) is 4. The van der Waals surface area contributed by atoms with Gasteiger partial charge < -0.3 is 10.1 Å². The predicted octanol–water partition coefficient (Wildman–Crippen LogP) is 1.92. The third-order valence-electron chi connectivity index (χ3n) is 3.76. The number of rotatable bonds is 7. The molecule has 112 valence electrons. The molecule has 2 rings (SSSR count). The van der Waals surface area contributed by atoms with Crippen molar-refractivity contribution in [3.05, 3.63) is 30.1 Å². The van der Waals surface area contributed by atoms with Crippen LogP contribution < -0.4 is 5.32 Å². The lowest BCUT2D eigenvalue weighted by molar-refractivity contribution is 0.0123. The third kappa shape index (κ3) is 5.19. The van der Waals surface area contributed by atoms with Crippen molar-refractivity contribution in [1.29, 1.82) is 0 Å². The van der Waals surface area contributed by atoms with Gasteiger partial charge in [0.15, 0.2) is 0 Å². The molecule has 1 unspecified atom stereocenters. The van der Waals surface area contributed by atoms with Gasteiger partial charge in [0, 0.05) is 44.6 Å². The van der Waals surface area contributed by atoms with E-state index >= 15 is 0 Å². The Bertz CT molecular complexity index is 363. The van der Waals surface area contributed by atoms with Crippen LogP contribution in [-0.2, 0) is 11.3 Å². The van der Waals surface area contributed by atoms with E-state index in [4.69, 9.17) is 4.74 Å². The van der Waals surface area contributed by atoms with E-state index in [1.165, 1.54) is 12.0 Å². The number of ether oxygens (including phenoxy) is 1.